The average Bonchev–Trinajstić information content (AvgIpc) is 2.43. The van der Waals surface area contributed by atoms with E-state index in [1.165, 1.54) is 24.3 Å². The number of carbonyl (C=O) groups is 1. The summed E-state index contributed by atoms with van der Waals surface area (Å²) in [6, 6.07) is 5.68. The number of aliphatic hydroxyl groups is 1. The fraction of sp³-hybridized carbons (Fsp3) is 0.562. The van der Waals surface area contributed by atoms with Crippen molar-refractivity contribution in [1.82, 2.24) is 10.0 Å². The zero-order chi connectivity index (χ0) is 17.7. The van der Waals surface area contributed by atoms with Gasteiger partial charge in [-0.25, -0.2) is 13.1 Å². The number of sulfonamides is 1. The van der Waals surface area contributed by atoms with Gasteiger partial charge in [0.05, 0.1) is 11.0 Å². The molecule has 130 valence electrons. The van der Waals surface area contributed by atoms with Crippen LogP contribution in [-0.2, 0) is 10.0 Å². The summed E-state index contributed by atoms with van der Waals surface area (Å²) in [6.07, 6.45) is -0.0417. The van der Waals surface area contributed by atoms with Crippen molar-refractivity contribution in [3.63, 3.8) is 0 Å². The lowest BCUT2D eigenvalue weighted by molar-refractivity contribution is 0.0868. The van der Waals surface area contributed by atoms with Gasteiger partial charge in [0.25, 0.3) is 5.91 Å². The number of hydrogen-bond donors (Lipinski definition) is 3. The molecule has 0 radical (unpaired) electrons. The van der Waals surface area contributed by atoms with E-state index in [9.17, 15) is 18.3 Å². The van der Waals surface area contributed by atoms with Crippen molar-refractivity contribution >= 4 is 15.9 Å². The highest BCUT2D eigenvalue weighted by Crippen LogP contribution is 2.20. The van der Waals surface area contributed by atoms with E-state index in [-0.39, 0.29) is 22.8 Å². The largest absolute Gasteiger partial charge is 0.391 e. The van der Waals surface area contributed by atoms with Crippen LogP contribution in [0, 0.1) is 5.41 Å². The predicted molar refractivity (Wildman–Crippen MR) is 89.7 cm³/mol. The summed E-state index contributed by atoms with van der Waals surface area (Å²) in [6.45, 7) is 8.21. The smallest absolute Gasteiger partial charge is 0.251 e. The molecule has 0 aliphatic rings. The topological polar surface area (TPSA) is 95.5 Å². The number of hydrogen-bond acceptors (Lipinski definition) is 4. The van der Waals surface area contributed by atoms with Gasteiger partial charge in [0, 0.05) is 18.7 Å². The SMILES string of the molecule is CCNS(=O)(=O)c1ccc(C(=O)NC[C@H](O)CC(C)(C)C)cc1. The molecule has 0 fully saturated rings. The minimum Gasteiger partial charge on any atom is -0.391 e. The van der Waals surface area contributed by atoms with Crippen molar-refractivity contribution in [2.24, 2.45) is 5.41 Å². The quantitative estimate of drug-likeness (QED) is 0.700. The van der Waals surface area contributed by atoms with Crippen LogP contribution < -0.4 is 10.0 Å². The van der Waals surface area contributed by atoms with Gasteiger partial charge in [-0.2, -0.15) is 0 Å². The van der Waals surface area contributed by atoms with E-state index in [4.69, 9.17) is 0 Å². The molecule has 0 heterocycles. The Morgan fingerprint density at radius 1 is 1.22 bits per heavy atom. The molecule has 0 bridgehead atoms. The van der Waals surface area contributed by atoms with Gasteiger partial charge in [0.1, 0.15) is 0 Å². The minimum absolute atomic E-state index is 0.0214. The Morgan fingerprint density at radius 2 is 1.78 bits per heavy atom. The summed E-state index contributed by atoms with van der Waals surface area (Å²) >= 11 is 0. The molecular weight excluding hydrogens is 316 g/mol. The van der Waals surface area contributed by atoms with E-state index in [1.54, 1.807) is 6.92 Å². The molecule has 3 N–H and O–H groups in total. The summed E-state index contributed by atoms with van der Waals surface area (Å²) < 4.78 is 26.0. The van der Waals surface area contributed by atoms with Gasteiger partial charge in [0.15, 0.2) is 0 Å². The maximum Gasteiger partial charge on any atom is 0.251 e. The Hall–Kier alpha value is -1.44. The Labute approximate surface area is 138 Å². The third-order valence-corrected chi connectivity index (χ3v) is 4.67. The summed E-state index contributed by atoms with van der Waals surface area (Å²) in [4.78, 5) is 12.1. The van der Waals surface area contributed by atoms with Crippen molar-refractivity contribution < 1.29 is 18.3 Å². The zero-order valence-electron chi connectivity index (χ0n) is 14.1. The van der Waals surface area contributed by atoms with E-state index in [0.717, 1.165) is 0 Å². The van der Waals surface area contributed by atoms with Gasteiger partial charge >= 0.3 is 0 Å². The standard InChI is InChI=1S/C16H26N2O4S/c1-5-18-23(21,22)14-8-6-12(7-9-14)15(20)17-11-13(19)10-16(2,3)4/h6-9,13,18-19H,5,10-11H2,1-4H3,(H,17,20)/t13-/m1/s1. The molecule has 0 saturated heterocycles. The summed E-state index contributed by atoms with van der Waals surface area (Å²) in [5.41, 5.74) is 0.329. The van der Waals surface area contributed by atoms with Gasteiger partial charge in [-0.15, -0.1) is 0 Å². The molecule has 1 aromatic rings. The molecule has 0 aliphatic heterocycles. The maximum absolute atomic E-state index is 12.0. The third-order valence-electron chi connectivity index (χ3n) is 3.11. The van der Waals surface area contributed by atoms with Crippen LogP contribution in [0.4, 0.5) is 0 Å². The van der Waals surface area contributed by atoms with E-state index in [0.29, 0.717) is 18.5 Å². The first-order valence-corrected chi connectivity index (χ1v) is 9.09. The number of aliphatic hydroxyl groups excluding tert-OH is 1. The maximum atomic E-state index is 12.0. The molecule has 7 heteroatoms. The normalized spacial score (nSPS) is 13.6. The van der Waals surface area contributed by atoms with Crippen LogP contribution in [0.1, 0.15) is 44.5 Å². The number of rotatable bonds is 7. The Morgan fingerprint density at radius 3 is 2.26 bits per heavy atom. The molecule has 0 aromatic heterocycles. The van der Waals surface area contributed by atoms with Crippen molar-refractivity contribution in [3.8, 4) is 0 Å². The lowest BCUT2D eigenvalue weighted by Gasteiger charge is -2.22. The number of carbonyl (C=O) groups excluding carboxylic acids is 1. The average molecular weight is 342 g/mol. The van der Waals surface area contributed by atoms with Crippen molar-refractivity contribution in [2.75, 3.05) is 13.1 Å². The molecule has 6 nitrogen and oxygen atoms in total. The fourth-order valence-corrected chi connectivity index (χ4v) is 3.19. The molecular formula is C16H26N2O4S. The molecule has 0 saturated carbocycles. The number of benzene rings is 1. The number of nitrogens with one attached hydrogen (secondary N) is 2. The molecule has 1 amide bonds. The van der Waals surface area contributed by atoms with Crippen molar-refractivity contribution in [1.29, 1.82) is 0 Å². The molecule has 1 atom stereocenters. The first-order chi connectivity index (χ1) is 10.5. The molecule has 0 spiro atoms. The lowest BCUT2D eigenvalue weighted by Crippen LogP contribution is -2.34. The molecule has 1 aromatic carbocycles. The summed E-state index contributed by atoms with van der Waals surface area (Å²) in [5, 5.41) is 12.5. The minimum atomic E-state index is -3.52. The predicted octanol–water partition coefficient (Wildman–Crippen LogP) is 1.51. The fourth-order valence-electron chi connectivity index (χ4n) is 2.15. The van der Waals surface area contributed by atoms with E-state index in [2.05, 4.69) is 10.0 Å². The Balaban J connectivity index is 2.65. The second kappa shape index (κ2) is 7.90. The molecule has 0 aliphatic carbocycles. The zero-order valence-corrected chi connectivity index (χ0v) is 14.9. The first kappa shape index (κ1) is 19.6. The summed E-state index contributed by atoms with van der Waals surface area (Å²) in [5.74, 6) is -0.342. The van der Waals surface area contributed by atoms with E-state index in [1.807, 2.05) is 20.8 Å². The van der Waals surface area contributed by atoms with Crippen LogP contribution >= 0.6 is 0 Å². The van der Waals surface area contributed by atoms with E-state index < -0.39 is 16.1 Å². The highest BCUT2D eigenvalue weighted by Gasteiger charge is 2.18. The van der Waals surface area contributed by atoms with Gasteiger partial charge in [-0.1, -0.05) is 27.7 Å². The van der Waals surface area contributed by atoms with Gasteiger partial charge in [0.2, 0.25) is 10.0 Å². The van der Waals surface area contributed by atoms with Crippen LogP contribution in [0.15, 0.2) is 29.2 Å². The van der Waals surface area contributed by atoms with Crippen molar-refractivity contribution in [3.05, 3.63) is 29.8 Å². The van der Waals surface area contributed by atoms with Gasteiger partial charge < -0.3 is 10.4 Å². The molecule has 23 heavy (non-hydrogen) atoms. The van der Waals surface area contributed by atoms with Crippen LogP contribution in [0.5, 0.6) is 0 Å². The monoisotopic (exact) mass is 342 g/mol. The van der Waals surface area contributed by atoms with Crippen LogP contribution in [0.3, 0.4) is 0 Å². The van der Waals surface area contributed by atoms with Gasteiger partial charge in [-0.05, 0) is 36.1 Å². The number of amides is 1. The second-order valence-corrected chi connectivity index (χ2v) is 8.42. The summed E-state index contributed by atoms with van der Waals surface area (Å²) in [7, 11) is -3.52. The van der Waals surface area contributed by atoms with E-state index >= 15 is 0 Å². The third kappa shape index (κ3) is 6.68. The highest BCUT2D eigenvalue weighted by atomic mass is 32.2. The van der Waals surface area contributed by atoms with Gasteiger partial charge in [-0.3, -0.25) is 4.79 Å². The Kier molecular flexibility index (Phi) is 6.73. The van der Waals surface area contributed by atoms with Crippen molar-refractivity contribution in [2.45, 2.75) is 45.1 Å². The first-order valence-electron chi connectivity index (χ1n) is 7.61. The lowest BCUT2D eigenvalue weighted by atomic mass is 9.89. The molecule has 1 rings (SSSR count). The van der Waals surface area contributed by atoms with Crippen LogP contribution in [0.2, 0.25) is 0 Å². The highest BCUT2D eigenvalue weighted by molar-refractivity contribution is 7.89. The molecule has 0 unspecified atom stereocenters. The van der Waals surface area contributed by atoms with Crippen LogP contribution in [0.25, 0.3) is 0 Å². The van der Waals surface area contributed by atoms with Crippen LogP contribution in [-0.4, -0.2) is 38.6 Å². The Bertz CT molecular complexity index is 618. The second-order valence-electron chi connectivity index (χ2n) is 6.65.